The molecule has 0 N–H and O–H groups in total. The summed E-state index contributed by atoms with van der Waals surface area (Å²) in [5.41, 5.74) is 0. The van der Waals surface area contributed by atoms with E-state index in [2.05, 4.69) is 18.7 Å². The maximum Gasteiger partial charge on any atom is 0.262 e. The van der Waals surface area contributed by atoms with Crippen molar-refractivity contribution in [3.05, 3.63) is 22.2 Å². The number of nitrogens with zero attached hydrogens (tertiary/aromatic N) is 1. The largest absolute Gasteiger partial charge is 0.491 e. The van der Waals surface area contributed by atoms with Crippen LogP contribution in [0.15, 0.2) is 17.0 Å². The third kappa shape index (κ3) is 4.97. The standard InChI is InChI=1S/C12H16Cl3NO3S/c1-3-16(4-2)5-6-19-11-7-10(14)12(8-9(11)13)20(15,17)18/h7-8H,3-6H2,1-2H3. The summed E-state index contributed by atoms with van der Waals surface area (Å²) in [4.78, 5) is 1.97. The second-order valence-electron chi connectivity index (χ2n) is 4.03. The van der Waals surface area contributed by atoms with Crippen molar-refractivity contribution in [2.45, 2.75) is 18.7 Å². The van der Waals surface area contributed by atoms with Gasteiger partial charge in [0.25, 0.3) is 9.05 Å². The smallest absolute Gasteiger partial charge is 0.262 e. The molecule has 0 aliphatic heterocycles. The van der Waals surface area contributed by atoms with Gasteiger partial charge in [-0.1, -0.05) is 37.0 Å². The molecule has 4 nitrogen and oxygen atoms in total. The van der Waals surface area contributed by atoms with Crippen LogP contribution < -0.4 is 4.74 Å². The summed E-state index contributed by atoms with van der Waals surface area (Å²) >= 11 is 11.8. The van der Waals surface area contributed by atoms with Gasteiger partial charge in [0.15, 0.2) is 0 Å². The number of ether oxygens (including phenoxy) is 1. The van der Waals surface area contributed by atoms with Crippen LogP contribution in [0.2, 0.25) is 10.0 Å². The Balaban J connectivity index is 2.81. The average Bonchev–Trinajstić information content (AvgIpc) is 2.36. The van der Waals surface area contributed by atoms with Crippen LogP contribution in [-0.2, 0) is 9.05 Å². The highest BCUT2D eigenvalue weighted by Gasteiger charge is 2.18. The molecule has 0 fully saturated rings. The quantitative estimate of drug-likeness (QED) is 0.696. The SMILES string of the molecule is CCN(CC)CCOc1cc(Cl)c(S(=O)(=O)Cl)cc1Cl. The van der Waals surface area contributed by atoms with Crippen molar-refractivity contribution < 1.29 is 13.2 Å². The zero-order valence-corrected chi connectivity index (χ0v) is 14.3. The predicted octanol–water partition coefficient (Wildman–Crippen LogP) is 3.64. The summed E-state index contributed by atoms with van der Waals surface area (Å²) in [5.74, 6) is 0.341. The maximum atomic E-state index is 11.3. The van der Waals surface area contributed by atoms with E-state index in [4.69, 9.17) is 38.6 Å². The van der Waals surface area contributed by atoms with Crippen LogP contribution in [0.1, 0.15) is 13.8 Å². The highest BCUT2D eigenvalue weighted by Crippen LogP contribution is 2.34. The van der Waals surface area contributed by atoms with E-state index in [1.54, 1.807) is 0 Å². The molecule has 0 bridgehead atoms. The fraction of sp³-hybridized carbons (Fsp3) is 0.500. The molecule has 0 unspecified atom stereocenters. The molecular formula is C12H16Cl3NO3S. The van der Waals surface area contributed by atoms with Crippen molar-refractivity contribution in [3.63, 3.8) is 0 Å². The molecule has 20 heavy (non-hydrogen) atoms. The van der Waals surface area contributed by atoms with Gasteiger partial charge in [0, 0.05) is 23.3 Å². The number of halogens is 3. The zero-order valence-electron chi connectivity index (χ0n) is 11.2. The second kappa shape index (κ2) is 7.71. The molecule has 0 aliphatic rings. The molecule has 1 aromatic carbocycles. The summed E-state index contributed by atoms with van der Waals surface area (Å²) in [6, 6.07) is 2.56. The summed E-state index contributed by atoms with van der Waals surface area (Å²) in [6.45, 7) is 7.16. The van der Waals surface area contributed by atoms with Gasteiger partial charge in [0.1, 0.15) is 17.3 Å². The first-order valence-corrected chi connectivity index (χ1v) is 9.15. The third-order valence-electron chi connectivity index (χ3n) is 2.81. The molecule has 0 aromatic heterocycles. The molecule has 0 saturated heterocycles. The van der Waals surface area contributed by atoms with E-state index >= 15 is 0 Å². The summed E-state index contributed by atoms with van der Waals surface area (Å²) in [5, 5.41) is 0.149. The van der Waals surface area contributed by atoms with Crippen molar-refractivity contribution in [3.8, 4) is 5.75 Å². The van der Waals surface area contributed by atoms with Gasteiger partial charge in [-0.05, 0) is 19.2 Å². The summed E-state index contributed by atoms with van der Waals surface area (Å²) < 4.78 is 28.1. The third-order valence-corrected chi connectivity index (χ3v) is 4.89. The molecule has 1 aromatic rings. The van der Waals surface area contributed by atoms with E-state index < -0.39 is 9.05 Å². The van der Waals surface area contributed by atoms with Gasteiger partial charge in [-0.2, -0.15) is 0 Å². The zero-order chi connectivity index (χ0) is 15.3. The van der Waals surface area contributed by atoms with Crippen LogP contribution in [0.4, 0.5) is 0 Å². The lowest BCUT2D eigenvalue weighted by Crippen LogP contribution is -2.27. The first-order valence-electron chi connectivity index (χ1n) is 6.08. The first kappa shape index (κ1) is 17.9. The molecule has 8 heteroatoms. The van der Waals surface area contributed by atoms with Crippen LogP contribution in [0, 0.1) is 0 Å². The minimum absolute atomic E-state index is 0.0118. The number of hydrogen-bond acceptors (Lipinski definition) is 4. The van der Waals surface area contributed by atoms with Crippen LogP contribution >= 0.6 is 33.9 Å². The van der Waals surface area contributed by atoms with Crippen molar-refractivity contribution in [2.75, 3.05) is 26.2 Å². The lowest BCUT2D eigenvalue weighted by molar-refractivity contribution is 0.223. The number of benzene rings is 1. The molecule has 0 spiro atoms. The topological polar surface area (TPSA) is 46.6 Å². The normalized spacial score (nSPS) is 11.9. The average molecular weight is 361 g/mol. The molecule has 0 saturated carbocycles. The fourth-order valence-corrected chi connectivity index (χ4v) is 3.43. The Kier molecular flexibility index (Phi) is 6.88. The number of rotatable bonds is 7. The van der Waals surface area contributed by atoms with E-state index in [-0.39, 0.29) is 14.9 Å². The highest BCUT2D eigenvalue weighted by atomic mass is 35.7. The van der Waals surface area contributed by atoms with E-state index in [0.717, 1.165) is 19.6 Å². The van der Waals surface area contributed by atoms with Crippen LogP contribution in [0.3, 0.4) is 0 Å². The molecule has 0 atom stereocenters. The molecular weight excluding hydrogens is 345 g/mol. The fourth-order valence-electron chi connectivity index (χ4n) is 1.63. The molecule has 0 aliphatic carbocycles. The van der Waals surface area contributed by atoms with Gasteiger partial charge in [0.05, 0.1) is 10.0 Å². The molecule has 114 valence electrons. The van der Waals surface area contributed by atoms with Crippen molar-refractivity contribution >= 4 is 42.9 Å². The van der Waals surface area contributed by atoms with Gasteiger partial charge < -0.3 is 9.64 Å². The van der Waals surface area contributed by atoms with Crippen LogP contribution in [-0.4, -0.2) is 39.6 Å². The molecule has 0 heterocycles. The Hall–Kier alpha value is -0.200. The minimum Gasteiger partial charge on any atom is -0.491 e. The Bertz CT molecular complexity index is 559. The molecule has 0 amide bonds. The van der Waals surface area contributed by atoms with E-state index in [1.807, 2.05) is 0 Å². The lowest BCUT2D eigenvalue weighted by Gasteiger charge is -2.18. The number of likely N-dealkylation sites (N-methyl/N-ethyl adjacent to an activating group) is 1. The van der Waals surface area contributed by atoms with Crippen molar-refractivity contribution in [1.82, 2.24) is 4.90 Å². The first-order chi connectivity index (χ1) is 9.29. The van der Waals surface area contributed by atoms with Gasteiger partial charge in [-0.3, -0.25) is 0 Å². The summed E-state index contributed by atoms with van der Waals surface area (Å²) in [7, 11) is 1.33. The molecule has 0 radical (unpaired) electrons. The van der Waals surface area contributed by atoms with Gasteiger partial charge in [-0.15, -0.1) is 0 Å². The predicted molar refractivity (Wildman–Crippen MR) is 82.8 cm³/mol. The van der Waals surface area contributed by atoms with E-state index in [9.17, 15) is 8.42 Å². The van der Waals surface area contributed by atoms with Gasteiger partial charge >= 0.3 is 0 Å². The molecule has 1 rings (SSSR count). The van der Waals surface area contributed by atoms with Gasteiger partial charge in [-0.25, -0.2) is 8.42 Å². The monoisotopic (exact) mass is 359 g/mol. The van der Waals surface area contributed by atoms with E-state index in [0.29, 0.717) is 12.4 Å². The summed E-state index contributed by atoms with van der Waals surface area (Å²) in [6.07, 6.45) is 0. The van der Waals surface area contributed by atoms with Crippen molar-refractivity contribution in [1.29, 1.82) is 0 Å². The Morgan fingerprint density at radius 1 is 1.15 bits per heavy atom. The van der Waals surface area contributed by atoms with Crippen LogP contribution in [0.25, 0.3) is 0 Å². The Morgan fingerprint density at radius 2 is 1.75 bits per heavy atom. The van der Waals surface area contributed by atoms with Crippen LogP contribution in [0.5, 0.6) is 5.75 Å². The van der Waals surface area contributed by atoms with Gasteiger partial charge in [0.2, 0.25) is 0 Å². The lowest BCUT2D eigenvalue weighted by atomic mass is 10.3. The highest BCUT2D eigenvalue weighted by molar-refractivity contribution is 8.13. The Labute approximate surface area is 134 Å². The Morgan fingerprint density at radius 3 is 2.25 bits per heavy atom. The van der Waals surface area contributed by atoms with Crippen molar-refractivity contribution in [2.24, 2.45) is 0 Å². The van der Waals surface area contributed by atoms with E-state index in [1.165, 1.54) is 12.1 Å². The second-order valence-corrected chi connectivity index (χ2v) is 7.38. The number of hydrogen-bond donors (Lipinski definition) is 0. The maximum absolute atomic E-state index is 11.3. The minimum atomic E-state index is -3.92.